The number of methoxy groups -OCH3 is 1. The van der Waals surface area contributed by atoms with Crippen molar-refractivity contribution in [3.8, 4) is 5.75 Å². The van der Waals surface area contributed by atoms with Crippen molar-refractivity contribution in [3.05, 3.63) is 28.8 Å². The van der Waals surface area contributed by atoms with E-state index >= 15 is 0 Å². The highest BCUT2D eigenvalue weighted by molar-refractivity contribution is 6.32. The highest BCUT2D eigenvalue weighted by atomic mass is 35.5. The van der Waals surface area contributed by atoms with Crippen LogP contribution in [0.25, 0.3) is 0 Å². The van der Waals surface area contributed by atoms with E-state index in [-0.39, 0.29) is 6.04 Å². The Morgan fingerprint density at radius 3 is 2.69 bits per heavy atom. The molecule has 2 N–H and O–H groups in total. The molecule has 0 heterocycles. The predicted molar refractivity (Wildman–Crippen MR) is 55.2 cm³/mol. The first-order valence-electron chi connectivity index (χ1n) is 4.28. The minimum atomic E-state index is 0.0587. The van der Waals surface area contributed by atoms with E-state index in [0.29, 0.717) is 10.8 Å². The van der Waals surface area contributed by atoms with E-state index in [1.807, 2.05) is 25.1 Å². The number of rotatable bonds is 3. The summed E-state index contributed by atoms with van der Waals surface area (Å²) in [6.45, 7) is 2.04. The van der Waals surface area contributed by atoms with Crippen molar-refractivity contribution < 1.29 is 4.74 Å². The lowest BCUT2D eigenvalue weighted by Crippen LogP contribution is -2.08. The Bertz CT molecular complexity index is 288. The van der Waals surface area contributed by atoms with Crippen LogP contribution >= 0.6 is 11.6 Å². The Morgan fingerprint density at radius 2 is 2.23 bits per heavy atom. The normalized spacial score (nSPS) is 12.6. The van der Waals surface area contributed by atoms with Crippen molar-refractivity contribution in [3.63, 3.8) is 0 Å². The minimum absolute atomic E-state index is 0.0587. The Labute approximate surface area is 83.6 Å². The molecular formula is C10H14ClNO. The quantitative estimate of drug-likeness (QED) is 0.813. The zero-order valence-corrected chi connectivity index (χ0v) is 8.64. The molecule has 1 rings (SSSR count). The number of benzene rings is 1. The van der Waals surface area contributed by atoms with Gasteiger partial charge in [0.25, 0.3) is 0 Å². The van der Waals surface area contributed by atoms with Crippen molar-refractivity contribution >= 4 is 11.6 Å². The average molecular weight is 200 g/mol. The number of ether oxygens (including phenoxy) is 1. The average Bonchev–Trinajstić information content (AvgIpc) is 2.16. The molecule has 0 saturated heterocycles. The third-order valence-electron chi connectivity index (χ3n) is 2.04. The van der Waals surface area contributed by atoms with Gasteiger partial charge in [-0.2, -0.15) is 0 Å². The first-order valence-corrected chi connectivity index (χ1v) is 4.65. The maximum Gasteiger partial charge on any atom is 0.137 e. The lowest BCUT2D eigenvalue weighted by atomic mass is 10.1. The van der Waals surface area contributed by atoms with Crippen molar-refractivity contribution in [2.24, 2.45) is 5.73 Å². The van der Waals surface area contributed by atoms with Gasteiger partial charge in [0.1, 0.15) is 5.75 Å². The van der Waals surface area contributed by atoms with Gasteiger partial charge < -0.3 is 10.5 Å². The molecule has 2 nitrogen and oxygen atoms in total. The molecule has 0 aliphatic heterocycles. The molecule has 0 fully saturated rings. The third kappa shape index (κ3) is 2.36. The molecule has 72 valence electrons. The molecular weight excluding hydrogens is 186 g/mol. The Kier molecular flexibility index (Phi) is 3.58. The molecule has 0 unspecified atom stereocenters. The maximum absolute atomic E-state index is 5.95. The zero-order chi connectivity index (χ0) is 9.84. The van der Waals surface area contributed by atoms with E-state index in [9.17, 15) is 0 Å². The number of hydrogen-bond acceptors (Lipinski definition) is 2. The predicted octanol–water partition coefficient (Wildman–Crippen LogP) is 2.76. The van der Waals surface area contributed by atoms with Gasteiger partial charge in [-0.1, -0.05) is 24.6 Å². The van der Waals surface area contributed by atoms with Gasteiger partial charge in [0.15, 0.2) is 0 Å². The van der Waals surface area contributed by atoms with Crippen LogP contribution in [0.5, 0.6) is 5.75 Å². The van der Waals surface area contributed by atoms with Crippen LogP contribution in [0.15, 0.2) is 18.2 Å². The molecule has 0 radical (unpaired) electrons. The maximum atomic E-state index is 5.95. The van der Waals surface area contributed by atoms with Crippen molar-refractivity contribution in [1.82, 2.24) is 0 Å². The number of nitrogens with two attached hydrogens (primary N) is 1. The van der Waals surface area contributed by atoms with Crippen molar-refractivity contribution in [1.29, 1.82) is 0 Å². The van der Waals surface area contributed by atoms with Gasteiger partial charge >= 0.3 is 0 Å². The molecule has 1 atom stereocenters. The van der Waals surface area contributed by atoms with E-state index in [1.54, 1.807) is 7.11 Å². The lowest BCUT2D eigenvalue weighted by Gasteiger charge is -2.10. The summed E-state index contributed by atoms with van der Waals surface area (Å²) in [5.74, 6) is 0.689. The lowest BCUT2D eigenvalue weighted by molar-refractivity contribution is 0.414. The highest BCUT2D eigenvalue weighted by Gasteiger charge is 2.06. The second kappa shape index (κ2) is 4.49. The van der Waals surface area contributed by atoms with Crippen LogP contribution in [0.3, 0.4) is 0 Å². The SMILES string of the molecule is CC[C@H](N)c1ccc(OC)c(Cl)c1. The molecule has 1 aromatic rings. The molecule has 0 aliphatic carbocycles. The van der Waals surface area contributed by atoms with E-state index < -0.39 is 0 Å². The summed E-state index contributed by atoms with van der Waals surface area (Å²) in [5.41, 5.74) is 6.90. The van der Waals surface area contributed by atoms with Gasteiger partial charge in [-0.05, 0) is 24.1 Å². The Balaban J connectivity index is 2.95. The summed E-state index contributed by atoms with van der Waals surface area (Å²) in [5, 5.41) is 0.615. The highest BCUT2D eigenvalue weighted by Crippen LogP contribution is 2.27. The van der Waals surface area contributed by atoms with Crippen LogP contribution < -0.4 is 10.5 Å². The molecule has 1 aromatic carbocycles. The monoisotopic (exact) mass is 199 g/mol. The van der Waals surface area contributed by atoms with Gasteiger partial charge in [-0.25, -0.2) is 0 Å². The van der Waals surface area contributed by atoms with Crippen LogP contribution in [-0.4, -0.2) is 7.11 Å². The first kappa shape index (κ1) is 10.4. The summed E-state index contributed by atoms with van der Waals surface area (Å²) in [6, 6.07) is 5.70. The molecule has 0 aliphatic rings. The zero-order valence-electron chi connectivity index (χ0n) is 7.88. The topological polar surface area (TPSA) is 35.2 Å². The fraction of sp³-hybridized carbons (Fsp3) is 0.400. The second-order valence-electron chi connectivity index (χ2n) is 2.91. The molecule has 3 heteroatoms. The van der Waals surface area contributed by atoms with E-state index in [4.69, 9.17) is 22.1 Å². The summed E-state index contributed by atoms with van der Waals surface area (Å²) in [4.78, 5) is 0. The van der Waals surface area contributed by atoms with Gasteiger partial charge in [-0.15, -0.1) is 0 Å². The van der Waals surface area contributed by atoms with Crippen LogP contribution in [0.4, 0.5) is 0 Å². The minimum Gasteiger partial charge on any atom is -0.495 e. The number of halogens is 1. The molecule has 13 heavy (non-hydrogen) atoms. The van der Waals surface area contributed by atoms with Crippen molar-refractivity contribution in [2.45, 2.75) is 19.4 Å². The number of hydrogen-bond donors (Lipinski definition) is 1. The molecule has 0 spiro atoms. The fourth-order valence-electron chi connectivity index (χ4n) is 1.15. The summed E-state index contributed by atoms with van der Waals surface area (Å²) >= 11 is 5.95. The summed E-state index contributed by atoms with van der Waals surface area (Å²) in [6.07, 6.45) is 0.905. The van der Waals surface area contributed by atoms with Gasteiger partial charge in [0, 0.05) is 6.04 Å². The smallest absolute Gasteiger partial charge is 0.137 e. The largest absolute Gasteiger partial charge is 0.495 e. The van der Waals surface area contributed by atoms with E-state index in [0.717, 1.165) is 12.0 Å². The van der Waals surface area contributed by atoms with Gasteiger partial charge in [0.05, 0.1) is 12.1 Å². The standard InChI is InChI=1S/C10H14ClNO/c1-3-9(12)7-4-5-10(13-2)8(11)6-7/h4-6,9H,3,12H2,1-2H3/t9-/m0/s1. The molecule has 0 saturated carbocycles. The first-order chi connectivity index (χ1) is 6.19. The third-order valence-corrected chi connectivity index (χ3v) is 2.34. The second-order valence-corrected chi connectivity index (χ2v) is 3.32. The van der Waals surface area contributed by atoms with Gasteiger partial charge in [-0.3, -0.25) is 0 Å². The summed E-state index contributed by atoms with van der Waals surface area (Å²) in [7, 11) is 1.60. The Morgan fingerprint density at radius 1 is 1.54 bits per heavy atom. The Hall–Kier alpha value is -0.730. The summed E-state index contributed by atoms with van der Waals surface area (Å²) < 4.78 is 5.04. The van der Waals surface area contributed by atoms with Crippen LogP contribution in [0.2, 0.25) is 5.02 Å². The van der Waals surface area contributed by atoms with Gasteiger partial charge in [0.2, 0.25) is 0 Å². The van der Waals surface area contributed by atoms with Crippen LogP contribution in [0.1, 0.15) is 24.9 Å². The van der Waals surface area contributed by atoms with Crippen LogP contribution in [0, 0.1) is 0 Å². The molecule has 0 bridgehead atoms. The molecule has 0 amide bonds. The van der Waals surface area contributed by atoms with E-state index in [2.05, 4.69) is 0 Å². The van der Waals surface area contributed by atoms with E-state index in [1.165, 1.54) is 0 Å². The van der Waals surface area contributed by atoms with Crippen molar-refractivity contribution in [2.75, 3.05) is 7.11 Å². The fourth-order valence-corrected chi connectivity index (χ4v) is 1.42. The molecule has 0 aromatic heterocycles. The van der Waals surface area contributed by atoms with Crippen LogP contribution in [-0.2, 0) is 0 Å².